The van der Waals surface area contributed by atoms with Gasteiger partial charge < -0.3 is 9.47 Å². The molecule has 0 heterocycles. The van der Waals surface area contributed by atoms with Crippen LogP contribution in [0.3, 0.4) is 0 Å². The molecule has 4 rings (SSSR count). The van der Waals surface area contributed by atoms with Crippen molar-refractivity contribution in [3.8, 4) is 0 Å². The number of carbonyl (C=O) groups excluding carboxylic acids is 4. The molecule has 0 aromatic heterocycles. The number of ketones is 2. The Hall–Kier alpha value is -2.02. The molecule has 0 N–H and O–H groups in total. The number of rotatable bonds is 6. The highest BCUT2D eigenvalue weighted by atomic mass is 35.5. The largest absolute Gasteiger partial charge is 0.459 e. The number of carbonyl (C=O) groups is 4. The van der Waals surface area contributed by atoms with Gasteiger partial charge in [-0.25, -0.2) is 4.39 Å². The molecule has 0 aliphatic heterocycles. The minimum Gasteiger partial charge on any atom is -0.459 e. The van der Waals surface area contributed by atoms with Gasteiger partial charge in [0, 0.05) is 35.5 Å². The van der Waals surface area contributed by atoms with E-state index in [0.717, 1.165) is 0 Å². The van der Waals surface area contributed by atoms with E-state index in [0.29, 0.717) is 24.8 Å². The minimum absolute atomic E-state index is 0.00499. The second kappa shape index (κ2) is 9.07. The monoisotopic (exact) mass is 522 g/mol. The summed E-state index contributed by atoms with van der Waals surface area (Å²) in [5.41, 5.74) is -4.98. The van der Waals surface area contributed by atoms with Crippen molar-refractivity contribution in [3.05, 3.63) is 23.8 Å². The Morgan fingerprint density at radius 3 is 2.42 bits per heavy atom. The van der Waals surface area contributed by atoms with Gasteiger partial charge in [-0.1, -0.05) is 39.3 Å². The Labute approximate surface area is 217 Å². The predicted octanol–water partition coefficient (Wildman–Crippen LogP) is 5.06. The number of allylic oxidation sites excluding steroid dienone is 4. The molecule has 6 nitrogen and oxygen atoms in total. The molecule has 4 aliphatic carbocycles. The lowest BCUT2D eigenvalue weighted by molar-refractivity contribution is -0.235. The van der Waals surface area contributed by atoms with E-state index >= 15 is 4.39 Å². The number of alkyl halides is 2. The van der Waals surface area contributed by atoms with Gasteiger partial charge in [0.1, 0.15) is 6.10 Å². The molecule has 0 bridgehead atoms. The van der Waals surface area contributed by atoms with Crippen molar-refractivity contribution >= 4 is 35.1 Å². The number of halogens is 2. The molecule has 3 fully saturated rings. The maximum Gasteiger partial charge on any atom is 0.306 e. The Morgan fingerprint density at radius 1 is 1.14 bits per heavy atom. The SMILES string of the molecule is CCC(=O)O[C@H]1C[C@@]2(C)[C@@H](C[C@H](C)[C@]2(OC(=O)CC)C(=O)CCl)[C@@H]2CCC3=CC(=O)C=C[C@]3(C)[C@@]12F. The smallest absolute Gasteiger partial charge is 0.306 e. The Balaban J connectivity index is 1.92. The van der Waals surface area contributed by atoms with Crippen molar-refractivity contribution in [1.82, 2.24) is 0 Å². The van der Waals surface area contributed by atoms with Crippen LogP contribution in [-0.2, 0) is 28.7 Å². The second-order valence-electron chi connectivity index (χ2n) is 11.3. The maximum absolute atomic E-state index is 17.9. The lowest BCUT2D eigenvalue weighted by atomic mass is 9.44. The molecule has 4 aliphatic rings. The summed E-state index contributed by atoms with van der Waals surface area (Å²) >= 11 is 6.09. The molecule has 198 valence electrons. The first-order chi connectivity index (χ1) is 16.8. The third-order valence-electron chi connectivity index (χ3n) is 9.82. The number of hydrogen-bond acceptors (Lipinski definition) is 6. The minimum atomic E-state index is -2.00. The highest BCUT2D eigenvalue weighted by Gasteiger charge is 2.78. The van der Waals surface area contributed by atoms with Gasteiger partial charge >= 0.3 is 11.9 Å². The van der Waals surface area contributed by atoms with Gasteiger partial charge in [0.15, 0.2) is 22.8 Å². The van der Waals surface area contributed by atoms with Crippen LogP contribution in [0.2, 0.25) is 0 Å². The highest BCUT2D eigenvalue weighted by Crippen LogP contribution is 2.72. The van der Waals surface area contributed by atoms with E-state index < -0.39 is 57.8 Å². The van der Waals surface area contributed by atoms with Crippen molar-refractivity contribution in [3.63, 3.8) is 0 Å². The van der Waals surface area contributed by atoms with E-state index in [1.165, 1.54) is 12.2 Å². The van der Waals surface area contributed by atoms with Gasteiger partial charge in [-0.15, -0.1) is 11.6 Å². The number of fused-ring (bicyclic) bond motifs is 5. The molecular formula is C28H36ClFO6. The third kappa shape index (κ3) is 3.40. The van der Waals surface area contributed by atoms with E-state index in [-0.39, 0.29) is 36.8 Å². The quantitative estimate of drug-likeness (QED) is 0.358. The van der Waals surface area contributed by atoms with Crippen LogP contribution in [0.1, 0.15) is 73.1 Å². The van der Waals surface area contributed by atoms with Gasteiger partial charge in [-0.3, -0.25) is 19.2 Å². The highest BCUT2D eigenvalue weighted by molar-refractivity contribution is 6.29. The summed E-state index contributed by atoms with van der Waals surface area (Å²) in [6, 6.07) is 0. The summed E-state index contributed by atoms with van der Waals surface area (Å²) in [6.45, 7) is 8.81. The molecule has 0 radical (unpaired) electrons. The maximum atomic E-state index is 17.9. The van der Waals surface area contributed by atoms with Gasteiger partial charge in [0.05, 0.1) is 5.88 Å². The van der Waals surface area contributed by atoms with E-state index in [1.54, 1.807) is 26.8 Å². The lowest BCUT2D eigenvalue weighted by Gasteiger charge is -2.63. The topological polar surface area (TPSA) is 86.7 Å². The molecule has 8 atom stereocenters. The van der Waals surface area contributed by atoms with E-state index in [1.807, 2.05) is 13.8 Å². The van der Waals surface area contributed by atoms with Gasteiger partial charge in [0.25, 0.3) is 0 Å². The van der Waals surface area contributed by atoms with Crippen LogP contribution < -0.4 is 0 Å². The molecule has 0 saturated heterocycles. The van der Waals surface area contributed by atoms with Crippen LogP contribution >= 0.6 is 11.6 Å². The Kier molecular flexibility index (Phi) is 6.81. The lowest BCUT2D eigenvalue weighted by Crippen LogP contribution is -2.70. The predicted molar refractivity (Wildman–Crippen MR) is 132 cm³/mol. The van der Waals surface area contributed by atoms with Crippen molar-refractivity contribution in [2.24, 2.45) is 28.6 Å². The zero-order valence-corrected chi connectivity index (χ0v) is 22.5. The second-order valence-corrected chi connectivity index (χ2v) is 11.6. The summed E-state index contributed by atoms with van der Waals surface area (Å²) in [7, 11) is 0. The van der Waals surface area contributed by atoms with Gasteiger partial charge in [-0.2, -0.15) is 0 Å². The summed E-state index contributed by atoms with van der Waals surface area (Å²) < 4.78 is 29.8. The van der Waals surface area contributed by atoms with E-state index in [9.17, 15) is 19.2 Å². The fourth-order valence-corrected chi connectivity index (χ4v) is 8.28. The Morgan fingerprint density at radius 2 is 1.81 bits per heavy atom. The van der Waals surface area contributed by atoms with Crippen molar-refractivity contribution in [2.45, 2.75) is 90.5 Å². The molecule has 0 aromatic carbocycles. The molecule has 0 spiro atoms. The van der Waals surface area contributed by atoms with Gasteiger partial charge in [-0.05, 0) is 50.7 Å². The number of ether oxygens (including phenoxy) is 2. The summed E-state index contributed by atoms with van der Waals surface area (Å²) in [4.78, 5) is 51.0. The summed E-state index contributed by atoms with van der Waals surface area (Å²) in [5.74, 6) is -3.29. The van der Waals surface area contributed by atoms with E-state index in [2.05, 4.69) is 0 Å². The molecule has 0 unspecified atom stereocenters. The average molecular weight is 523 g/mol. The van der Waals surface area contributed by atoms with Crippen LogP contribution in [0.15, 0.2) is 23.8 Å². The molecule has 36 heavy (non-hydrogen) atoms. The van der Waals surface area contributed by atoms with Crippen LogP contribution in [0.5, 0.6) is 0 Å². The summed E-state index contributed by atoms with van der Waals surface area (Å²) in [5, 5.41) is 0. The van der Waals surface area contributed by atoms with Crippen molar-refractivity contribution in [1.29, 1.82) is 0 Å². The zero-order valence-electron chi connectivity index (χ0n) is 21.7. The Bertz CT molecular complexity index is 1050. The standard InChI is InChI=1S/C28H36ClFO6/c1-6-23(33)35-22-14-26(5)20(12-16(3)28(26,21(32)15-29)36-24(34)7-2)19-9-8-17-13-18(31)10-11-25(17,4)27(19,22)30/h10-11,13,16,19-20,22H,6-9,12,14-15H2,1-5H3/t16-,19-,20-,22-,25-,26-,27-,28-/m0/s1. The number of Topliss-reactive ketones (excluding diaryl/α,β-unsaturated/α-hetero) is 1. The van der Waals surface area contributed by atoms with Crippen molar-refractivity contribution < 1.29 is 33.0 Å². The fraction of sp³-hybridized carbons (Fsp3) is 0.714. The van der Waals surface area contributed by atoms with Crippen LogP contribution in [0, 0.1) is 28.6 Å². The number of hydrogen-bond donors (Lipinski definition) is 0. The first kappa shape index (κ1) is 27.0. The van der Waals surface area contributed by atoms with Crippen LogP contribution in [0.25, 0.3) is 0 Å². The fourth-order valence-electron chi connectivity index (χ4n) is 8.08. The first-order valence-electron chi connectivity index (χ1n) is 13.0. The average Bonchev–Trinajstić information content (AvgIpc) is 3.06. The molecular weight excluding hydrogens is 487 g/mol. The normalized spacial score (nSPS) is 43.1. The van der Waals surface area contributed by atoms with Gasteiger partial charge in [0.2, 0.25) is 0 Å². The molecule has 3 saturated carbocycles. The van der Waals surface area contributed by atoms with Crippen molar-refractivity contribution in [2.75, 3.05) is 5.88 Å². The molecule has 8 heteroatoms. The molecule has 0 aromatic rings. The zero-order chi connectivity index (χ0) is 26.7. The van der Waals surface area contributed by atoms with Crippen LogP contribution in [0.4, 0.5) is 4.39 Å². The summed E-state index contributed by atoms with van der Waals surface area (Å²) in [6.07, 6.45) is 4.90. The first-order valence-corrected chi connectivity index (χ1v) is 13.5. The van der Waals surface area contributed by atoms with Crippen LogP contribution in [-0.4, -0.2) is 46.8 Å². The van der Waals surface area contributed by atoms with E-state index in [4.69, 9.17) is 21.1 Å². The number of esters is 2. The molecule has 0 amide bonds. The third-order valence-corrected chi connectivity index (χ3v) is 10.1.